The van der Waals surface area contributed by atoms with Gasteiger partial charge in [-0.1, -0.05) is 37.3 Å². The summed E-state index contributed by atoms with van der Waals surface area (Å²) in [4.78, 5) is 13.9. The molecule has 1 atom stereocenters. The molecule has 1 unspecified atom stereocenters. The third-order valence-electron chi connectivity index (χ3n) is 2.97. The van der Waals surface area contributed by atoms with E-state index in [0.29, 0.717) is 13.0 Å². The summed E-state index contributed by atoms with van der Waals surface area (Å²) in [6, 6.07) is 9.36. The quantitative estimate of drug-likeness (QED) is 0.745. The molecule has 0 saturated heterocycles. The summed E-state index contributed by atoms with van der Waals surface area (Å²) in [6.45, 7) is 4.56. The largest absolute Gasteiger partial charge is 0.353 e. The Morgan fingerprint density at radius 1 is 1.39 bits per heavy atom. The van der Waals surface area contributed by atoms with Gasteiger partial charge in [0.2, 0.25) is 5.91 Å². The normalized spacial score (nSPS) is 12.4. The summed E-state index contributed by atoms with van der Waals surface area (Å²) in [5.74, 6) is -0.0802. The van der Waals surface area contributed by atoms with Crippen molar-refractivity contribution >= 4 is 5.91 Å². The predicted octanol–water partition coefficient (Wildman–Crippen LogP) is 0.624. The zero-order chi connectivity index (χ0) is 13.4. The lowest BCUT2D eigenvalue weighted by atomic mass is 10.1. The maximum absolute atomic E-state index is 11.8. The number of hydrogen-bond donors (Lipinski definition) is 2. The second-order valence-electron chi connectivity index (χ2n) is 4.48. The number of likely N-dealkylation sites (N-methyl/N-ethyl adjacent to an activating group) is 1. The predicted molar refractivity (Wildman–Crippen MR) is 74.3 cm³/mol. The van der Waals surface area contributed by atoms with Crippen LogP contribution in [-0.4, -0.2) is 43.5 Å². The number of nitrogens with zero attached hydrogens (tertiary/aromatic N) is 1. The lowest BCUT2D eigenvalue weighted by Gasteiger charge is -2.16. The Morgan fingerprint density at radius 2 is 2.06 bits per heavy atom. The van der Waals surface area contributed by atoms with Crippen molar-refractivity contribution in [3.63, 3.8) is 0 Å². The molecule has 3 N–H and O–H groups in total. The highest BCUT2D eigenvalue weighted by molar-refractivity contribution is 5.81. The monoisotopic (exact) mass is 249 g/mol. The maximum Gasteiger partial charge on any atom is 0.237 e. The molecule has 0 fully saturated rings. The standard InChI is InChI=1S/C14H23N3O/c1-3-17(2)10-9-16-14(18)13(15)11-12-7-5-4-6-8-12/h4-8,13H,3,9-11,15H2,1-2H3,(H,16,18). The van der Waals surface area contributed by atoms with Crippen molar-refractivity contribution in [1.29, 1.82) is 0 Å². The minimum atomic E-state index is -0.473. The fraction of sp³-hybridized carbons (Fsp3) is 0.500. The molecule has 4 heteroatoms. The van der Waals surface area contributed by atoms with E-state index in [4.69, 9.17) is 5.73 Å². The Kier molecular flexibility index (Phi) is 6.39. The molecule has 0 spiro atoms. The highest BCUT2D eigenvalue weighted by atomic mass is 16.2. The number of nitrogens with two attached hydrogens (primary N) is 1. The van der Waals surface area contributed by atoms with Crippen LogP contribution >= 0.6 is 0 Å². The van der Waals surface area contributed by atoms with Crippen molar-refractivity contribution in [2.45, 2.75) is 19.4 Å². The summed E-state index contributed by atoms with van der Waals surface area (Å²) in [7, 11) is 2.02. The molecule has 0 aliphatic carbocycles. The van der Waals surface area contributed by atoms with E-state index in [1.165, 1.54) is 0 Å². The van der Waals surface area contributed by atoms with Crippen LogP contribution in [0.25, 0.3) is 0 Å². The highest BCUT2D eigenvalue weighted by Crippen LogP contribution is 2.01. The van der Waals surface area contributed by atoms with E-state index >= 15 is 0 Å². The molecule has 0 aliphatic rings. The van der Waals surface area contributed by atoms with Crippen LogP contribution in [0.5, 0.6) is 0 Å². The van der Waals surface area contributed by atoms with Crippen molar-refractivity contribution in [3.05, 3.63) is 35.9 Å². The first kappa shape index (κ1) is 14.7. The van der Waals surface area contributed by atoms with Crippen LogP contribution in [0.3, 0.4) is 0 Å². The third kappa shape index (κ3) is 5.29. The summed E-state index contributed by atoms with van der Waals surface area (Å²) in [6.07, 6.45) is 0.580. The van der Waals surface area contributed by atoms with Gasteiger partial charge in [-0.25, -0.2) is 0 Å². The van der Waals surface area contributed by atoms with Crippen molar-refractivity contribution in [2.24, 2.45) is 5.73 Å². The van der Waals surface area contributed by atoms with Gasteiger partial charge in [0, 0.05) is 13.1 Å². The first-order valence-electron chi connectivity index (χ1n) is 6.39. The summed E-state index contributed by atoms with van der Waals surface area (Å²) in [5.41, 5.74) is 6.96. The average Bonchev–Trinajstić information content (AvgIpc) is 2.39. The van der Waals surface area contributed by atoms with Gasteiger partial charge in [0.1, 0.15) is 0 Å². The van der Waals surface area contributed by atoms with Crippen molar-refractivity contribution in [1.82, 2.24) is 10.2 Å². The fourth-order valence-corrected chi connectivity index (χ4v) is 1.62. The van der Waals surface area contributed by atoms with Gasteiger partial charge < -0.3 is 16.0 Å². The molecule has 100 valence electrons. The summed E-state index contributed by atoms with van der Waals surface area (Å²) in [5, 5.41) is 2.86. The molecule has 1 aromatic carbocycles. The number of nitrogens with one attached hydrogen (secondary N) is 1. The van der Waals surface area contributed by atoms with Gasteiger partial charge in [-0.15, -0.1) is 0 Å². The molecule has 0 saturated carbocycles. The summed E-state index contributed by atoms with van der Waals surface area (Å²) >= 11 is 0. The Balaban J connectivity index is 2.29. The molecule has 1 rings (SSSR count). The van der Waals surface area contributed by atoms with Crippen molar-refractivity contribution in [2.75, 3.05) is 26.7 Å². The van der Waals surface area contributed by atoms with Crippen molar-refractivity contribution < 1.29 is 4.79 Å². The van der Waals surface area contributed by atoms with Gasteiger partial charge in [-0.2, -0.15) is 0 Å². The van der Waals surface area contributed by atoms with Crippen LogP contribution in [0.15, 0.2) is 30.3 Å². The SMILES string of the molecule is CCN(C)CCNC(=O)C(N)Cc1ccccc1. The number of amides is 1. The minimum Gasteiger partial charge on any atom is -0.353 e. The van der Waals surface area contributed by atoms with E-state index in [9.17, 15) is 4.79 Å². The van der Waals surface area contributed by atoms with Gasteiger partial charge in [0.05, 0.1) is 6.04 Å². The van der Waals surface area contributed by atoms with Gasteiger partial charge in [-0.3, -0.25) is 4.79 Å². The molecule has 0 heterocycles. The third-order valence-corrected chi connectivity index (χ3v) is 2.97. The Morgan fingerprint density at radius 3 is 2.67 bits per heavy atom. The summed E-state index contributed by atoms with van der Waals surface area (Å²) < 4.78 is 0. The number of carbonyl (C=O) groups is 1. The van der Waals surface area contributed by atoms with E-state index in [0.717, 1.165) is 18.7 Å². The van der Waals surface area contributed by atoms with Gasteiger partial charge >= 0.3 is 0 Å². The maximum atomic E-state index is 11.8. The molecular formula is C14H23N3O. The minimum absolute atomic E-state index is 0.0802. The van der Waals surface area contributed by atoms with Gasteiger partial charge in [0.25, 0.3) is 0 Å². The van der Waals surface area contributed by atoms with Crippen LogP contribution in [-0.2, 0) is 11.2 Å². The number of carbonyl (C=O) groups excluding carboxylic acids is 1. The molecule has 1 aromatic rings. The number of hydrogen-bond acceptors (Lipinski definition) is 3. The first-order chi connectivity index (χ1) is 8.63. The topological polar surface area (TPSA) is 58.4 Å². The second kappa shape index (κ2) is 7.84. The Bertz CT molecular complexity index is 353. The van der Waals surface area contributed by atoms with Crippen molar-refractivity contribution in [3.8, 4) is 0 Å². The lowest BCUT2D eigenvalue weighted by molar-refractivity contribution is -0.122. The van der Waals surface area contributed by atoms with E-state index in [-0.39, 0.29) is 5.91 Å². The number of rotatable bonds is 7. The average molecular weight is 249 g/mol. The lowest BCUT2D eigenvalue weighted by Crippen LogP contribution is -2.44. The van der Waals surface area contributed by atoms with E-state index in [1.807, 2.05) is 37.4 Å². The molecule has 4 nitrogen and oxygen atoms in total. The zero-order valence-electron chi connectivity index (χ0n) is 11.2. The first-order valence-corrected chi connectivity index (χ1v) is 6.39. The number of benzene rings is 1. The zero-order valence-corrected chi connectivity index (χ0v) is 11.2. The van der Waals surface area contributed by atoms with E-state index in [1.54, 1.807) is 0 Å². The van der Waals surface area contributed by atoms with Crippen LogP contribution < -0.4 is 11.1 Å². The fourth-order valence-electron chi connectivity index (χ4n) is 1.62. The van der Waals surface area contributed by atoms with E-state index < -0.39 is 6.04 Å². The van der Waals surface area contributed by atoms with Gasteiger partial charge in [-0.05, 0) is 25.6 Å². The van der Waals surface area contributed by atoms with E-state index in [2.05, 4.69) is 17.1 Å². The van der Waals surface area contributed by atoms with Crippen LogP contribution in [0.1, 0.15) is 12.5 Å². The highest BCUT2D eigenvalue weighted by Gasteiger charge is 2.13. The smallest absolute Gasteiger partial charge is 0.237 e. The molecular weight excluding hydrogens is 226 g/mol. The van der Waals surface area contributed by atoms with Crippen LogP contribution in [0.2, 0.25) is 0 Å². The van der Waals surface area contributed by atoms with Crippen LogP contribution in [0.4, 0.5) is 0 Å². The molecule has 0 bridgehead atoms. The van der Waals surface area contributed by atoms with Crippen LogP contribution in [0, 0.1) is 0 Å². The molecule has 0 aliphatic heterocycles. The molecule has 0 radical (unpaired) electrons. The molecule has 0 aromatic heterocycles. The molecule has 18 heavy (non-hydrogen) atoms. The second-order valence-corrected chi connectivity index (χ2v) is 4.48. The Labute approximate surface area is 109 Å². The van der Waals surface area contributed by atoms with Gasteiger partial charge in [0.15, 0.2) is 0 Å². The Hall–Kier alpha value is -1.39. The molecule has 1 amide bonds.